The highest BCUT2D eigenvalue weighted by molar-refractivity contribution is 6.14. The van der Waals surface area contributed by atoms with E-state index in [1.807, 2.05) is 42.5 Å². The molecule has 3 heterocycles. The topological polar surface area (TPSA) is 277 Å². The Morgan fingerprint density at radius 1 is 0.982 bits per heavy atom. The minimum absolute atomic E-state index is 0.0176. The maximum Gasteiger partial charge on any atom is 0.326 e. The summed E-state index contributed by atoms with van der Waals surface area (Å²) in [6.07, 6.45) is 1.56. The van der Waals surface area contributed by atoms with Crippen LogP contribution in [0.1, 0.15) is 38.5 Å². The van der Waals surface area contributed by atoms with E-state index in [2.05, 4.69) is 38.2 Å². The van der Waals surface area contributed by atoms with Gasteiger partial charge in [0.25, 0.3) is 0 Å². The normalized spacial score (nSPS) is 14.6. The molecule has 0 spiro atoms. The van der Waals surface area contributed by atoms with Crippen molar-refractivity contribution in [3.63, 3.8) is 0 Å². The van der Waals surface area contributed by atoms with Crippen LogP contribution in [-0.2, 0) is 24.0 Å². The molecule has 1 saturated heterocycles. The Hall–Kier alpha value is -6.17. The number of ether oxygens (including phenoxy) is 1. The van der Waals surface area contributed by atoms with Crippen molar-refractivity contribution in [2.24, 2.45) is 22.4 Å². The second-order valence-corrected chi connectivity index (χ2v) is 13.5. The number of amides is 3. The number of carbonyl (C=O) groups is 5. The number of piperidine rings is 1. The third-order valence-electron chi connectivity index (χ3n) is 9.32. The van der Waals surface area contributed by atoms with E-state index in [0.717, 1.165) is 36.7 Å². The minimum Gasteiger partial charge on any atom is -0.493 e. The molecule has 1 fully saturated rings. The molecule has 0 bridgehead atoms. The molecule has 2 aromatic carbocycles. The van der Waals surface area contributed by atoms with Crippen molar-refractivity contribution in [1.29, 1.82) is 0 Å². The highest BCUT2D eigenvalue weighted by atomic mass is 16.5. The average molecular weight is 762 g/mol. The lowest BCUT2D eigenvalue weighted by Gasteiger charge is -2.28. The molecule has 2 unspecified atom stereocenters. The summed E-state index contributed by atoms with van der Waals surface area (Å²) in [5, 5.41) is 30.3. The van der Waals surface area contributed by atoms with Gasteiger partial charge in [-0.25, -0.2) is 9.78 Å². The molecule has 0 aliphatic carbocycles. The summed E-state index contributed by atoms with van der Waals surface area (Å²) in [5.41, 5.74) is 13.6. The number of benzene rings is 2. The van der Waals surface area contributed by atoms with Crippen LogP contribution in [0.4, 0.5) is 5.69 Å². The third-order valence-corrected chi connectivity index (χ3v) is 9.32. The van der Waals surface area contributed by atoms with E-state index in [0.29, 0.717) is 46.2 Å². The van der Waals surface area contributed by atoms with Crippen molar-refractivity contribution in [1.82, 2.24) is 25.8 Å². The van der Waals surface area contributed by atoms with E-state index < -0.39 is 54.7 Å². The van der Waals surface area contributed by atoms with Gasteiger partial charge in [0.05, 0.1) is 36.3 Å². The largest absolute Gasteiger partial charge is 0.493 e. The Morgan fingerprint density at radius 2 is 1.75 bits per heavy atom. The van der Waals surface area contributed by atoms with Gasteiger partial charge in [-0.2, -0.15) is 0 Å². The fourth-order valence-electron chi connectivity index (χ4n) is 6.30. The van der Waals surface area contributed by atoms with Crippen molar-refractivity contribution in [3.05, 3.63) is 42.5 Å². The summed E-state index contributed by atoms with van der Waals surface area (Å²) >= 11 is 0. The van der Waals surface area contributed by atoms with Gasteiger partial charge in [0, 0.05) is 18.4 Å². The molecule has 18 heteroatoms. The number of rotatable bonds is 19. The summed E-state index contributed by atoms with van der Waals surface area (Å²) in [6.45, 7) is 2.10. The van der Waals surface area contributed by atoms with Crippen molar-refractivity contribution in [3.8, 4) is 5.75 Å². The first-order chi connectivity index (χ1) is 26.4. The van der Waals surface area contributed by atoms with Crippen molar-refractivity contribution in [2.75, 3.05) is 51.7 Å². The van der Waals surface area contributed by atoms with Gasteiger partial charge in [-0.1, -0.05) is 18.2 Å². The van der Waals surface area contributed by atoms with E-state index in [4.69, 9.17) is 30.7 Å². The average Bonchev–Trinajstić information content (AvgIpc) is 3.52. The van der Waals surface area contributed by atoms with Crippen LogP contribution in [0, 0.1) is 5.92 Å². The number of carboxylic acid groups (broad SMARTS) is 2. The lowest BCUT2D eigenvalue weighted by molar-refractivity contribution is -0.143. The van der Waals surface area contributed by atoms with E-state index in [9.17, 15) is 29.1 Å². The maximum atomic E-state index is 13.0. The molecule has 0 saturated carbocycles. The van der Waals surface area contributed by atoms with Crippen LogP contribution in [0.2, 0.25) is 0 Å². The maximum absolute atomic E-state index is 13.0. The monoisotopic (exact) mass is 761 g/mol. The summed E-state index contributed by atoms with van der Waals surface area (Å²) < 4.78 is 12.5. The summed E-state index contributed by atoms with van der Waals surface area (Å²) in [7, 11) is 2.13. The predicted molar refractivity (Wildman–Crippen MR) is 205 cm³/mol. The number of aromatic nitrogens is 1. The fraction of sp³-hybridized carbons (Fsp3) is 0.432. The number of anilines is 1. The number of para-hydroxylation sites is 1. The van der Waals surface area contributed by atoms with Crippen molar-refractivity contribution < 1.29 is 43.3 Å². The van der Waals surface area contributed by atoms with E-state index in [1.165, 1.54) is 0 Å². The zero-order valence-corrected chi connectivity index (χ0v) is 30.5. The van der Waals surface area contributed by atoms with Gasteiger partial charge < -0.3 is 57.0 Å². The third kappa shape index (κ3) is 11.2. The second kappa shape index (κ2) is 18.7. The van der Waals surface area contributed by atoms with Gasteiger partial charge in [-0.3, -0.25) is 24.2 Å². The minimum atomic E-state index is -1.50. The number of nitrogens with one attached hydrogen (secondary N) is 4. The molecule has 2 aromatic heterocycles. The Kier molecular flexibility index (Phi) is 13.6. The molecule has 0 radical (unpaired) electrons. The molecule has 55 heavy (non-hydrogen) atoms. The molecular weight excluding hydrogens is 714 g/mol. The van der Waals surface area contributed by atoms with Gasteiger partial charge in [0.1, 0.15) is 28.9 Å². The number of aliphatic imine (C=N–C) groups is 1. The smallest absolute Gasteiger partial charge is 0.326 e. The molecular formula is C37H47N9O9. The van der Waals surface area contributed by atoms with Crippen molar-refractivity contribution >= 4 is 74.3 Å². The molecule has 1 aliphatic heterocycles. The van der Waals surface area contributed by atoms with Crippen LogP contribution in [0.3, 0.4) is 0 Å². The predicted octanol–water partition coefficient (Wildman–Crippen LogP) is 1.36. The molecule has 18 nitrogen and oxygen atoms in total. The first-order valence-corrected chi connectivity index (χ1v) is 18.0. The molecule has 10 N–H and O–H groups in total. The number of furan rings is 1. The van der Waals surface area contributed by atoms with Crippen LogP contribution in [0.25, 0.3) is 33.0 Å². The summed E-state index contributed by atoms with van der Waals surface area (Å²) in [5.74, 6) is -3.75. The fourth-order valence-corrected chi connectivity index (χ4v) is 6.30. The second-order valence-electron chi connectivity index (χ2n) is 13.5. The Balaban J connectivity index is 1.23. The summed E-state index contributed by atoms with van der Waals surface area (Å²) in [4.78, 5) is 72.6. The van der Waals surface area contributed by atoms with Crippen LogP contribution >= 0.6 is 0 Å². The Labute approximate surface area is 316 Å². The number of nitrogens with two attached hydrogens (primary N) is 2. The molecule has 4 aromatic rings. The number of carboxylic acids is 2. The molecule has 294 valence electrons. The first kappa shape index (κ1) is 40.0. The number of carbonyl (C=O) groups excluding carboxylic acids is 3. The van der Waals surface area contributed by atoms with E-state index >= 15 is 0 Å². The first-order valence-electron chi connectivity index (χ1n) is 18.0. The number of guanidine groups is 1. The lowest BCUT2D eigenvalue weighted by atomic mass is 9.98. The van der Waals surface area contributed by atoms with Gasteiger partial charge in [0.15, 0.2) is 11.5 Å². The number of hydrogen-bond donors (Lipinski definition) is 8. The van der Waals surface area contributed by atoms with E-state index in [-0.39, 0.29) is 38.3 Å². The number of hydrogen-bond acceptors (Lipinski definition) is 11. The van der Waals surface area contributed by atoms with Crippen LogP contribution in [-0.4, -0.2) is 114 Å². The van der Waals surface area contributed by atoms with Crippen molar-refractivity contribution in [2.45, 2.75) is 50.6 Å². The zero-order chi connectivity index (χ0) is 39.5. The zero-order valence-electron chi connectivity index (χ0n) is 30.5. The number of aliphatic carboxylic acids is 2. The molecule has 5 rings (SSSR count). The highest BCUT2D eigenvalue weighted by Crippen LogP contribution is 2.38. The van der Waals surface area contributed by atoms with Crippen LogP contribution in [0.5, 0.6) is 5.75 Å². The van der Waals surface area contributed by atoms with Gasteiger partial charge >= 0.3 is 11.9 Å². The molecule has 3 amide bonds. The highest BCUT2D eigenvalue weighted by Gasteiger charge is 2.27. The Bertz CT molecular complexity index is 2060. The molecule has 2 atom stereocenters. The standard InChI is InChI=1S/C37H47N9O9/c1-46-15-12-21(13-16-46)20-54-22-8-10-28-24(17-22)33-34(55-28)32(23-5-2-3-6-25(23)44-33)42-18-29(47)41-19-30(48)43-26(7-4-14-40-37(38)39)35(51)45-27(36(52)53)9-11-31(49)50/h2-3,5-6,8,10,17,21,26-27H,4,7,9,11-16,18-20H2,1H3,(H,41,47)(H,42,44)(H,43,48)(H,45,51)(H,49,50)(H,52,53)(H4,38,39,40). The van der Waals surface area contributed by atoms with E-state index in [1.54, 1.807) is 0 Å². The van der Waals surface area contributed by atoms with Crippen LogP contribution in [0.15, 0.2) is 51.9 Å². The quantitative estimate of drug-likeness (QED) is 0.0381. The molecule has 1 aliphatic rings. The Morgan fingerprint density at radius 3 is 2.47 bits per heavy atom. The number of likely N-dealkylation sites (tertiary alicyclic amines) is 1. The SMILES string of the molecule is CN1CCC(COc2ccc3oc4c(NCC(=O)NCC(=O)NC(CCCN=C(N)N)C(=O)NC(CCC(=O)O)C(=O)O)c5ccccc5nc4c3c2)CC1. The number of fused-ring (bicyclic) bond motifs is 4. The lowest BCUT2D eigenvalue weighted by Crippen LogP contribution is -2.53. The number of nitrogens with zero attached hydrogens (tertiary/aromatic N) is 3. The van der Waals surface area contributed by atoms with Gasteiger partial charge in [-0.05, 0) is 82.4 Å². The number of pyridine rings is 1. The van der Waals surface area contributed by atoms with Crippen LogP contribution < -0.4 is 37.5 Å². The van der Waals surface area contributed by atoms with Gasteiger partial charge in [-0.15, -0.1) is 0 Å². The summed E-state index contributed by atoms with van der Waals surface area (Å²) in [6, 6.07) is 10.3. The van der Waals surface area contributed by atoms with Gasteiger partial charge in [0.2, 0.25) is 17.7 Å².